The van der Waals surface area contributed by atoms with Crippen LogP contribution in [0.2, 0.25) is 0 Å². The molecule has 0 atom stereocenters. The average molecular weight is 283 g/mol. The van der Waals surface area contributed by atoms with Crippen LogP contribution < -0.4 is 4.74 Å². The van der Waals surface area contributed by atoms with Gasteiger partial charge in [0.25, 0.3) is 0 Å². The van der Waals surface area contributed by atoms with E-state index in [1.165, 1.54) is 29.7 Å². The molecule has 6 heteroatoms. The Morgan fingerprint density at radius 3 is 2.39 bits per heavy atom. The molecule has 0 unspecified atom stereocenters. The van der Waals surface area contributed by atoms with Crippen LogP contribution in [-0.4, -0.2) is 26.8 Å². The lowest BCUT2D eigenvalue weighted by Gasteiger charge is -2.12. The Balaban J connectivity index is 2.35. The highest BCUT2D eigenvalue weighted by Gasteiger charge is 2.23. The normalized spacial score (nSPS) is 11.7. The van der Waals surface area contributed by atoms with Gasteiger partial charge in [0, 0.05) is 14.1 Å². The van der Waals surface area contributed by atoms with Crippen LogP contribution in [0.5, 0.6) is 10.8 Å². The second-order valence-electron chi connectivity index (χ2n) is 3.77. The van der Waals surface area contributed by atoms with Crippen molar-refractivity contribution in [2.24, 2.45) is 0 Å². The number of para-hydroxylation sites is 1. The lowest BCUT2D eigenvalue weighted by Crippen LogP contribution is -2.22. The van der Waals surface area contributed by atoms with E-state index < -0.39 is 10.0 Å². The van der Waals surface area contributed by atoms with Gasteiger partial charge in [0.1, 0.15) is 10.6 Å². The zero-order valence-corrected chi connectivity index (χ0v) is 11.7. The smallest absolute Gasteiger partial charge is 0.247 e. The van der Waals surface area contributed by atoms with Gasteiger partial charge in [0.05, 0.1) is 0 Å². The Morgan fingerprint density at radius 1 is 1.11 bits per heavy atom. The van der Waals surface area contributed by atoms with Gasteiger partial charge in [-0.3, -0.25) is 0 Å². The Bertz CT molecular complexity index is 618. The molecule has 0 amide bonds. The molecule has 2 aromatic rings. The molecule has 0 radical (unpaired) electrons. The van der Waals surface area contributed by atoms with E-state index in [1.807, 2.05) is 18.2 Å². The van der Waals surface area contributed by atoms with Crippen molar-refractivity contribution in [3.05, 3.63) is 41.8 Å². The molecule has 0 saturated carbocycles. The molecule has 0 aliphatic heterocycles. The van der Waals surface area contributed by atoms with Gasteiger partial charge in [-0.1, -0.05) is 18.2 Å². The third kappa shape index (κ3) is 2.55. The van der Waals surface area contributed by atoms with Gasteiger partial charge in [-0.05, 0) is 23.6 Å². The minimum atomic E-state index is -3.47. The number of hydrogen-bond donors (Lipinski definition) is 0. The van der Waals surface area contributed by atoms with Crippen molar-refractivity contribution in [1.29, 1.82) is 0 Å². The molecule has 0 spiro atoms. The fourth-order valence-electron chi connectivity index (χ4n) is 1.34. The summed E-state index contributed by atoms with van der Waals surface area (Å²) < 4.78 is 30.9. The maximum absolute atomic E-state index is 12.1. The van der Waals surface area contributed by atoms with Crippen molar-refractivity contribution in [2.75, 3.05) is 14.1 Å². The second kappa shape index (κ2) is 5.09. The minimum absolute atomic E-state index is 0.196. The first-order valence-corrected chi connectivity index (χ1v) is 7.56. The van der Waals surface area contributed by atoms with Crippen molar-refractivity contribution >= 4 is 21.4 Å². The zero-order chi connectivity index (χ0) is 13.2. The molecule has 4 nitrogen and oxygen atoms in total. The van der Waals surface area contributed by atoms with Gasteiger partial charge in [-0.15, -0.1) is 11.3 Å². The summed E-state index contributed by atoms with van der Waals surface area (Å²) in [5, 5.41) is 2.09. The molecule has 2 rings (SSSR count). The van der Waals surface area contributed by atoms with Crippen LogP contribution in [0.25, 0.3) is 0 Å². The van der Waals surface area contributed by atoms with Crippen LogP contribution in [0.1, 0.15) is 0 Å². The molecule has 0 saturated heterocycles. The first-order valence-electron chi connectivity index (χ1n) is 5.25. The van der Waals surface area contributed by atoms with Gasteiger partial charge >= 0.3 is 0 Å². The van der Waals surface area contributed by atoms with Crippen LogP contribution in [0.15, 0.2) is 46.7 Å². The Morgan fingerprint density at radius 2 is 1.78 bits per heavy atom. The summed E-state index contributed by atoms with van der Waals surface area (Å²) in [6.07, 6.45) is 0. The Kier molecular flexibility index (Phi) is 3.70. The van der Waals surface area contributed by atoms with Crippen LogP contribution in [0.4, 0.5) is 0 Å². The first kappa shape index (κ1) is 13.1. The van der Waals surface area contributed by atoms with Gasteiger partial charge < -0.3 is 4.74 Å². The number of rotatable bonds is 4. The molecule has 18 heavy (non-hydrogen) atoms. The quantitative estimate of drug-likeness (QED) is 0.867. The highest BCUT2D eigenvalue weighted by Crippen LogP contribution is 2.35. The van der Waals surface area contributed by atoms with E-state index >= 15 is 0 Å². The van der Waals surface area contributed by atoms with E-state index in [2.05, 4.69) is 0 Å². The molecule has 0 fully saturated rings. The van der Waals surface area contributed by atoms with Crippen molar-refractivity contribution in [2.45, 2.75) is 4.90 Å². The summed E-state index contributed by atoms with van der Waals surface area (Å²) in [7, 11) is -0.467. The van der Waals surface area contributed by atoms with Crippen molar-refractivity contribution < 1.29 is 13.2 Å². The summed E-state index contributed by atoms with van der Waals surface area (Å²) >= 11 is 1.26. The maximum Gasteiger partial charge on any atom is 0.247 e. The van der Waals surface area contributed by atoms with E-state index in [1.54, 1.807) is 23.6 Å². The first-order chi connectivity index (χ1) is 8.51. The monoisotopic (exact) mass is 283 g/mol. The fraction of sp³-hybridized carbons (Fsp3) is 0.167. The molecular weight excluding hydrogens is 270 g/mol. The number of nitrogens with zero attached hydrogens (tertiary/aromatic N) is 1. The lowest BCUT2D eigenvalue weighted by molar-refractivity contribution is 0.474. The van der Waals surface area contributed by atoms with E-state index in [4.69, 9.17) is 4.74 Å². The molecule has 1 heterocycles. The van der Waals surface area contributed by atoms with Gasteiger partial charge in [0.2, 0.25) is 15.1 Å². The topological polar surface area (TPSA) is 46.6 Å². The SMILES string of the molecule is CN(C)S(=O)(=O)c1ccsc1Oc1ccccc1. The van der Waals surface area contributed by atoms with Crippen molar-refractivity contribution in [1.82, 2.24) is 4.31 Å². The largest absolute Gasteiger partial charge is 0.445 e. The Labute approximate surface area is 110 Å². The number of thiophene rings is 1. The van der Waals surface area contributed by atoms with Crippen LogP contribution >= 0.6 is 11.3 Å². The van der Waals surface area contributed by atoms with E-state index in [-0.39, 0.29) is 4.90 Å². The number of hydrogen-bond acceptors (Lipinski definition) is 4. The van der Waals surface area contributed by atoms with E-state index in [0.29, 0.717) is 10.8 Å². The van der Waals surface area contributed by atoms with Crippen molar-refractivity contribution in [3.63, 3.8) is 0 Å². The summed E-state index contributed by atoms with van der Waals surface area (Å²) in [5.41, 5.74) is 0. The number of ether oxygens (including phenoxy) is 1. The minimum Gasteiger partial charge on any atom is -0.445 e. The molecule has 0 aliphatic rings. The molecule has 1 aromatic heterocycles. The second-order valence-corrected chi connectivity index (χ2v) is 6.77. The predicted molar refractivity (Wildman–Crippen MR) is 71.7 cm³/mol. The van der Waals surface area contributed by atoms with Crippen molar-refractivity contribution in [3.8, 4) is 10.8 Å². The van der Waals surface area contributed by atoms with Gasteiger partial charge in [0.15, 0.2) is 0 Å². The third-order valence-electron chi connectivity index (χ3n) is 2.31. The average Bonchev–Trinajstić information content (AvgIpc) is 2.79. The summed E-state index contributed by atoms with van der Waals surface area (Å²) in [6, 6.07) is 10.7. The zero-order valence-electron chi connectivity index (χ0n) is 10.0. The predicted octanol–water partition coefficient (Wildman–Crippen LogP) is 2.79. The van der Waals surface area contributed by atoms with Gasteiger partial charge in [-0.2, -0.15) is 0 Å². The molecule has 96 valence electrons. The van der Waals surface area contributed by atoms with Crippen LogP contribution in [-0.2, 0) is 10.0 Å². The molecule has 0 N–H and O–H groups in total. The summed E-state index contributed by atoms with van der Waals surface area (Å²) in [6.45, 7) is 0. The lowest BCUT2D eigenvalue weighted by atomic mass is 10.3. The molecule has 0 bridgehead atoms. The highest BCUT2D eigenvalue weighted by atomic mass is 32.2. The summed E-state index contributed by atoms with van der Waals surface area (Å²) in [5.74, 6) is 0.621. The van der Waals surface area contributed by atoms with Crippen LogP contribution in [0, 0.1) is 0 Å². The number of benzene rings is 1. The molecule has 1 aromatic carbocycles. The van der Waals surface area contributed by atoms with Gasteiger partial charge in [-0.25, -0.2) is 12.7 Å². The maximum atomic E-state index is 12.1. The third-order valence-corrected chi connectivity index (χ3v) is 5.07. The highest BCUT2D eigenvalue weighted by molar-refractivity contribution is 7.89. The summed E-state index contributed by atoms with van der Waals surface area (Å²) in [4.78, 5) is 0.196. The van der Waals surface area contributed by atoms with E-state index in [0.717, 1.165) is 0 Å². The fourth-order valence-corrected chi connectivity index (χ4v) is 3.43. The van der Waals surface area contributed by atoms with E-state index in [9.17, 15) is 8.42 Å². The Hall–Kier alpha value is -1.37. The molecule has 0 aliphatic carbocycles. The van der Waals surface area contributed by atoms with Crippen LogP contribution in [0.3, 0.4) is 0 Å². The standard InChI is InChI=1S/C12H13NO3S2/c1-13(2)18(14,15)11-8-9-17-12(11)16-10-6-4-3-5-7-10/h3-9H,1-2H3. The number of sulfonamides is 1. The molecular formula is C12H13NO3S2.